The highest BCUT2D eigenvalue weighted by atomic mass is 16.5. The van der Waals surface area contributed by atoms with Crippen molar-refractivity contribution in [1.82, 2.24) is 9.80 Å². The van der Waals surface area contributed by atoms with Crippen LogP contribution in [0.15, 0.2) is 54.6 Å². The van der Waals surface area contributed by atoms with E-state index in [0.717, 1.165) is 70.8 Å². The molecule has 2 saturated heterocycles. The van der Waals surface area contributed by atoms with Gasteiger partial charge >= 0.3 is 0 Å². The molecule has 0 N–H and O–H groups in total. The Bertz CT molecular complexity index is 795. The van der Waals surface area contributed by atoms with Gasteiger partial charge in [-0.25, -0.2) is 0 Å². The van der Waals surface area contributed by atoms with E-state index in [-0.39, 0.29) is 12.5 Å². The minimum absolute atomic E-state index is 0.113. The Morgan fingerprint density at radius 1 is 0.871 bits per heavy atom. The van der Waals surface area contributed by atoms with Crippen LogP contribution in [0.25, 0.3) is 0 Å². The summed E-state index contributed by atoms with van der Waals surface area (Å²) in [4.78, 5) is 16.9. The molecule has 2 aromatic rings. The van der Waals surface area contributed by atoms with E-state index in [1.54, 1.807) is 0 Å². The number of likely N-dealkylation sites (tertiary alicyclic amines) is 1. The SMILES string of the molecule is O=C(COCc1ccccc1)N1CCC(Cc2ccc(CN3CCOCC3)cc2)CC1. The summed E-state index contributed by atoms with van der Waals surface area (Å²) in [5.74, 6) is 0.765. The topological polar surface area (TPSA) is 42.0 Å². The quantitative estimate of drug-likeness (QED) is 0.653. The zero-order chi connectivity index (χ0) is 21.3. The molecule has 0 bridgehead atoms. The third-order valence-corrected chi connectivity index (χ3v) is 6.36. The maximum atomic E-state index is 12.4. The Labute approximate surface area is 185 Å². The van der Waals surface area contributed by atoms with Crippen molar-refractivity contribution in [3.05, 3.63) is 71.3 Å². The van der Waals surface area contributed by atoms with E-state index in [1.807, 2.05) is 35.2 Å². The molecular weight excluding hydrogens is 388 g/mol. The smallest absolute Gasteiger partial charge is 0.248 e. The second-order valence-corrected chi connectivity index (χ2v) is 8.71. The number of carbonyl (C=O) groups is 1. The van der Waals surface area contributed by atoms with Crippen molar-refractivity contribution in [2.45, 2.75) is 32.4 Å². The van der Waals surface area contributed by atoms with Crippen LogP contribution in [0.4, 0.5) is 0 Å². The lowest BCUT2D eigenvalue weighted by atomic mass is 9.90. The predicted molar refractivity (Wildman–Crippen MR) is 122 cm³/mol. The van der Waals surface area contributed by atoms with Gasteiger partial charge in [0.1, 0.15) is 6.61 Å². The molecule has 5 heteroatoms. The molecule has 4 rings (SSSR count). The zero-order valence-corrected chi connectivity index (χ0v) is 18.4. The summed E-state index contributed by atoms with van der Waals surface area (Å²) in [5.41, 5.74) is 3.88. The number of rotatable bonds is 8. The first-order chi connectivity index (χ1) is 15.3. The summed E-state index contributed by atoms with van der Waals surface area (Å²) in [5, 5.41) is 0. The fraction of sp³-hybridized carbons (Fsp3) is 0.500. The summed E-state index contributed by atoms with van der Waals surface area (Å²) in [6, 6.07) is 19.1. The fourth-order valence-corrected chi connectivity index (χ4v) is 4.44. The minimum atomic E-state index is 0.113. The number of hydrogen-bond acceptors (Lipinski definition) is 4. The molecule has 166 valence electrons. The number of hydrogen-bond donors (Lipinski definition) is 0. The van der Waals surface area contributed by atoms with Gasteiger partial charge in [-0.3, -0.25) is 9.69 Å². The van der Waals surface area contributed by atoms with E-state index in [4.69, 9.17) is 9.47 Å². The fourth-order valence-electron chi connectivity index (χ4n) is 4.44. The van der Waals surface area contributed by atoms with Gasteiger partial charge in [0.2, 0.25) is 5.91 Å². The standard InChI is InChI=1S/C26H34N2O3/c29-26(21-31-20-25-4-2-1-3-5-25)28-12-10-23(11-13-28)18-22-6-8-24(9-7-22)19-27-14-16-30-17-15-27/h1-9,23H,10-21H2. The van der Waals surface area contributed by atoms with Crippen molar-refractivity contribution in [2.24, 2.45) is 5.92 Å². The van der Waals surface area contributed by atoms with Gasteiger partial charge < -0.3 is 14.4 Å². The van der Waals surface area contributed by atoms with E-state index in [0.29, 0.717) is 12.5 Å². The van der Waals surface area contributed by atoms with Gasteiger partial charge in [0.05, 0.1) is 19.8 Å². The van der Waals surface area contributed by atoms with Gasteiger partial charge in [0, 0.05) is 32.7 Å². The second kappa shape index (κ2) is 11.4. The highest BCUT2D eigenvalue weighted by Gasteiger charge is 2.23. The van der Waals surface area contributed by atoms with Gasteiger partial charge in [0.15, 0.2) is 0 Å². The lowest BCUT2D eigenvalue weighted by molar-refractivity contribution is -0.138. The van der Waals surface area contributed by atoms with Gasteiger partial charge in [-0.2, -0.15) is 0 Å². The molecule has 0 aromatic heterocycles. The molecule has 1 amide bonds. The Kier molecular flexibility index (Phi) is 8.11. The highest BCUT2D eigenvalue weighted by Crippen LogP contribution is 2.22. The molecule has 0 saturated carbocycles. The maximum absolute atomic E-state index is 12.4. The first-order valence-corrected chi connectivity index (χ1v) is 11.5. The van der Waals surface area contributed by atoms with E-state index in [9.17, 15) is 4.79 Å². The van der Waals surface area contributed by atoms with Gasteiger partial charge in [-0.05, 0) is 41.9 Å². The molecule has 0 radical (unpaired) electrons. The monoisotopic (exact) mass is 422 g/mol. The summed E-state index contributed by atoms with van der Waals surface area (Å²) in [7, 11) is 0. The molecule has 5 nitrogen and oxygen atoms in total. The second-order valence-electron chi connectivity index (χ2n) is 8.71. The van der Waals surface area contributed by atoms with Crippen molar-refractivity contribution in [2.75, 3.05) is 46.0 Å². The molecule has 0 atom stereocenters. The number of morpholine rings is 1. The zero-order valence-electron chi connectivity index (χ0n) is 18.4. The van der Waals surface area contributed by atoms with Crippen molar-refractivity contribution >= 4 is 5.91 Å². The first-order valence-electron chi connectivity index (χ1n) is 11.5. The van der Waals surface area contributed by atoms with E-state index in [1.165, 1.54) is 11.1 Å². The lowest BCUT2D eigenvalue weighted by Crippen LogP contribution is -2.40. The van der Waals surface area contributed by atoms with E-state index in [2.05, 4.69) is 29.2 Å². The summed E-state index contributed by atoms with van der Waals surface area (Å²) in [6.45, 7) is 7.09. The van der Waals surface area contributed by atoms with Crippen LogP contribution in [0.3, 0.4) is 0 Å². The van der Waals surface area contributed by atoms with Gasteiger partial charge in [-0.15, -0.1) is 0 Å². The third kappa shape index (κ3) is 6.89. The molecule has 0 aliphatic carbocycles. The molecule has 31 heavy (non-hydrogen) atoms. The van der Waals surface area contributed by atoms with Crippen molar-refractivity contribution in [3.8, 4) is 0 Å². The Morgan fingerprint density at radius 3 is 2.26 bits per heavy atom. The van der Waals surface area contributed by atoms with Crippen LogP contribution in [-0.2, 0) is 33.8 Å². The van der Waals surface area contributed by atoms with Crippen LogP contribution in [0, 0.1) is 5.92 Å². The molecule has 2 aliphatic heterocycles. The van der Waals surface area contributed by atoms with Gasteiger partial charge in [0.25, 0.3) is 0 Å². The van der Waals surface area contributed by atoms with Crippen molar-refractivity contribution < 1.29 is 14.3 Å². The predicted octanol–water partition coefficient (Wildman–Crippen LogP) is 3.52. The average Bonchev–Trinajstić information content (AvgIpc) is 2.82. The summed E-state index contributed by atoms with van der Waals surface area (Å²) >= 11 is 0. The van der Waals surface area contributed by atoms with Crippen LogP contribution in [0.5, 0.6) is 0 Å². The van der Waals surface area contributed by atoms with Crippen LogP contribution in [0.2, 0.25) is 0 Å². The van der Waals surface area contributed by atoms with Crippen LogP contribution in [0.1, 0.15) is 29.5 Å². The molecule has 0 unspecified atom stereocenters. The largest absolute Gasteiger partial charge is 0.379 e. The molecule has 2 fully saturated rings. The molecule has 2 aliphatic rings. The van der Waals surface area contributed by atoms with Crippen molar-refractivity contribution in [3.63, 3.8) is 0 Å². The molecule has 2 heterocycles. The van der Waals surface area contributed by atoms with Crippen LogP contribution < -0.4 is 0 Å². The Hall–Kier alpha value is -2.21. The average molecular weight is 423 g/mol. The number of benzene rings is 2. The lowest BCUT2D eigenvalue weighted by Gasteiger charge is -2.32. The highest BCUT2D eigenvalue weighted by molar-refractivity contribution is 5.77. The number of carbonyl (C=O) groups excluding carboxylic acids is 1. The third-order valence-electron chi connectivity index (χ3n) is 6.36. The molecule has 0 spiro atoms. The number of piperidine rings is 1. The summed E-state index contributed by atoms with van der Waals surface area (Å²) < 4.78 is 11.0. The summed E-state index contributed by atoms with van der Waals surface area (Å²) in [6.07, 6.45) is 3.24. The molecule has 2 aromatic carbocycles. The van der Waals surface area contributed by atoms with Gasteiger partial charge in [-0.1, -0.05) is 54.6 Å². The maximum Gasteiger partial charge on any atom is 0.248 e. The Morgan fingerprint density at radius 2 is 1.55 bits per heavy atom. The van der Waals surface area contributed by atoms with Crippen molar-refractivity contribution in [1.29, 1.82) is 0 Å². The molecular formula is C26H34N2O3. The van der Waals surface area contributed by atoms with Crippen LogP contribution in [-0.4, -0.2) is 61.7 Å². The number of amides is 1. The Balaban J connectivity index is 1.15. The van der Waals surface area contributed by atoms with E-state index < -0.39 is 0 Å². The first kappa shape index (κ1) is 22.0. The number of ether oxygens (including phenoxy) is 2. The normalized spacial score (nSPS) is 18.3. The minimum Gasteiger partial charge on any atom is -0.379 e. The number of nitrogens with zero attached hydrogens (tertiary/aromatic N) is 2. The van der Waals surface area contributed by atoms with Crippen LogP contribution >= 0.6 is 0 Å². The van der Waals surface area contributed by atoms with E-state index >= 15 is 0 Å².